The van der Waals surface area contributed by atoms with Crippen LogP contribution < -0.4 is 9.47 Å². The van der Waals surface area contributed by atoms with Gasteiger partial charge >= 0.3 is 5.97 Å². The van der Waals surface area contributed by atoms with Gasteiger partial charge in [-0.15, -0.1) is 0 Å². The zero-order valence-corrected chi connectivity index (χ0v) is 22.9. The summed E-state index contributed by atoms with van der Waals surface area (Å²) < 4.78 is 13.6. The number of aromatic nitrogens is 2. The summed E-state index contributed by atoms with van der Waals surface area (Å²) in [5, 5.41) is 9.48. The lowest BCUT2D eigenvalue weighted by Crippen LogP contribution is -2.35. The maximum atomic E-state index is 11.5. The van der Waals surface area contributed by atoms with Crippen LogP contribution in [0.1, 0.15) is 24.0 Å². The molecule has 0 amide bonds. The first-order chi connectivity index (χ1) is 20.0. The van der Waals surface area contributed by atoms with Crippen LogP contribution in [-0.2, 0) is 11.3 Å². The van der Waals surface area contributed by atoms with Crippen LogP contribution in [0.3, 0.4) is 0 Å². The number of carbonyl (C=O) groups is 1. The topological polar surface area (TPSA) is 76.3 Å². The number of hydrogen-bond donors (Lipinski definition) is 1. The fourth-order valence-corrected chi connectivity index (χ4v) is 6.14. The second-order valence-electron chi connectivity index (χ2n) is 10.8. The van der Waals surface area contributed by atoms with Crippen molar-refractivity contribution < 1.29 is 19.4 Å². The molecule has 3 aromatic carbocycles. The Kier molecular flexibility index (Phi) is 6.44. The highest BCUT2D eigenvalue weighted by atomic mass is 16.6. The van der Waals surface area contributed by atoms with E-state index in [4.69, 9.17) is 14.5 Å². The molecule has 1 fully saturated rings. The Morgan fingerprint density at radius 3 is 2.44 bits per heavy atom. The van der Waals surface area contributed by atoms with Crippen molar-refractivity contribution >= 4 is 11.6 Å². The van der Waals surface area contributed by atoms with E-state index in [0.29, 0.717) is 19.8 Å². The summed E-state index contributed by atoms with van der Waals surface area (Å²) in [5.74, 6) is 0.857. The number of rotatable bonds is 6. The van der Waals surface area contributed by atoms with E-state index >= 15 is 0 Å². The minimum atomic E-state index is -0.727. The highest BCUT2D eigenvalue weighted by Crippen LogP contribution is 2.38. The number of carboxylic acids is 1. The van der Waals surface area contributed by atoms with Gasteiger partial charge in [0, 0.05) is 18.3 Å². The van der Waals surface area contributed by atoms with Crippen molar-refractivity contribution in [3.05, 3.63) is 96.3 Å². The monoisotopic (exact) mass is 545 g/mol. The van der Waals surface area contributed by atoms with Crippen molar-refractivity contribution in [2.75, 3.05) is 19.8 Å². The summed E-state index contributed by atoms with van der Waals surface area (Å²) in [7, 11) is 0. The second kappa shape index (κ2) is 10.4. The molecule has 4 heterocycles. The molecule has 0 aliphatic carbocycles. The Labute approximate surface area is 238 Å². The lowest BCUT2D eigenvalue weighted by Gasteiger charge is -2.21. The third-order valence-corrected chi connectivity index (χ3v) is 8.30. The number of likely N-dealkylation sites (tertiary alicyclic amines) is 1. The highest BCUT2D eigenvalue weighted by Gasteiger charge is 2.30. The van der Waals surface area contributed by atoms with Crippen LogP contribution in [0.25, 0.3) is 39.2 Å². The summed E-state index contributed by atoms with van der Waals surface area (Å²) in [5.41, 5.74) is 9.82. The van der Waals surface area contributed by atoms with Gasteiger partial charge in [0.15, 0.2) is 11.5 Å². The summed E-state index contributed by atoms with van der Waals surface area (Å²) in [4.78, 5) is 18.3. The summed E-state index contributed by atoms with van der Waals surface area (Å²) in [6.07, 6.45) is 5.65. The largest absolute Gasteiger partial charge is 0.486 e. The predicted octanol–water partition coefficient (Wildman–Crippen LogP) is 6.46. The lowest BCUT2D eigenvalue weighted by atomic mass is 9.93. The number of fused-ring (bicyclic) bond motifs is 2. The quantitative estimate of drug-likeness (QED) is 0.264. The van der Waals surface area contributed by atoms with Gasteiger partial charge in [-0.1, -0.05) is 48.5 Å². The summed E-state index contributed by atoms with van der Waals surface area (Å²) in [6, 6.07) is 24.8. The molecule has 5 aromatic rings. The Morgan fingerprint density at radius 2 is 1.66 bits per heavy atom. The molecule has 0 radical (unpaired) electrons. The molecule has 7 nitrogen and oxygen atoms in total. The SMILES string of the molecule is Cc1c(-c2ccc3c(c2)OCCO3)cccc1-c1ccn2c(-c3ccc(CN4CCC[C@@H]4C(=O)O)cc3)cnc2c1. The zero-order valence-electron chi connectivity index (χ0n) is 22.9. The smallest absolute Gasteiger partial charge is 0.320 e. The molecule has 2 aliphatic rings. The molecule has 7 heteroatoms. The number of carboxylic acid groups (broad SMARTS) is 1. The van der Waals surface area contributed by atoms with Gasteiger partial charge in [0.05, 0.1) is 11.9 Å². The van der Waals surface area contributed by atoms with Crippen LogP contribution in [0.4, 0.5) is 0 Å². The van der Waals surface area contributed by atoms with Crippen LogP contribution in [-0.4, -0.2) is 51.2 Å². The van der Waals surface area contributed by atoms with E-state index in [-0.39, 0.29) is 6.04 Å². The van der Waals surface area contributed by atoms with Gasteiger partial charge in [-0.3, -0.25) is 14.1 Å². The van der Waals surface area contributed by atoms with Crippen molar-refractivity contribution in [1.82, 2.24) is 14.3 Å². The number of benzene rings is 3. The molecule has 1 atom stereocenters. The zero-order chi connectivity index (χ0) is 27.9. The van der Waals surface area contributed by atoms with Crippen LogP contribution in [0, 0.1) is 6.92 Å². The molecule has 0 unspecified atom stereocenters. The van der Waals surface area contributed by atoms with Crippen LogP contribution >= 0.6 is 0 Å². The predicted molar refractivity (Wildman–Crippen MR) is 158 cm³/mol. The average Bonchev–Trinajstić information content (AvgIpc) is 3.64. The number of nitrogens with zero attached hydrogens (tertiary/aromatic N) is 3. The third kappa shape index (κ3) is 4.72. The Hall–Kier alpha value is -4.62. The third-order valence-electron chi connectivity index (χ3n) is 8.30. The molecule has 1 saturated heterocycles. The molecule has 0 saturated carbocycles. The normalized spacial score (nSPS) is 16.8. The summed E-state index contributed by atoms with van der Waals surface area (Å²) in [6.45, 7) is 4.78. The van der Waals surface area contributed by atoms with E-state index < -0.39 is 5.97 Å². The molecule has 7 rings (SSSR count). The van der Waals surface area contributed by atoms with Gasteiger partial charge in [-0.05, 0) is 84.0 Å². The number of ether oxygens (including phenoxy) is 2. The first kappa shape index (κ1) is 25.4. The highest BCUT2D eigenvalue weighted by molar-refractivity contribution is 5.81. The number of imidazole rings is 1. The van der Waals surface area contributed by atoms with Crippen LogP contribution in [0.2, 0.25) is 0 Å². The molecule has 0 spiro atoms. The molecule has 206 valence electrons. The fraction of sp³-hybridized carbons (Fsp3) is 0.235. The van der Waals surface area contributed by atoms with Gasteiger partial charge in [0.2, 0.25) is 0 Å². The average molecular weight is 546 g/mol. The van der Waals surface area contributed by atoms with Crippen molar-refractivity contribution in [3.8, 4) is 45.0 Å². The van der Waals surface area contributed by atoms with E-state index in [9.17, 15) is 9.90 Å². The van der Waals surface area contributed by atoms with Crippen molar-refractivity contribution in [2.24, 2.45) is 0 Å². The van der Waals surface area contributed by atoms with Gasteiger partial charge in [-0.2, -0.15) is 0 Å². The maximum Gasteiger partial charge on any atom is 0.320 e. The van der Waals surface area contributed by atoms with E-state index in [1.807, 2.05) is 12.3 Å². The number of aliphatic carboxylic acids is 1. The Balaban J connectivity index is 1.15. The van der Waals surface area contributed by atoms with Crippen LogP contribution in [0.5, 0.6) is 11.5 Å². The van der Waals surface area contributed by atoms with Crippen molar-refractivity contribution in [2.45, 2.75) is 32.4 Å². The Bertz CT molecular complexity index is 1760. The fourth-order valence-electron chi connectivity index (χ4n) is 6.14. The van der Waals surface area contributed by atoms with Crippen molar-refractivity contribution in [1.29, 1.82) is 0 Å². The Morgan fingerprint density at radius 1 is 0.927 bits per heavy atom. The molecule has 2 aliphatic heterocycles. The van der Waals surface area contributed by atoms with Crippen molar-refractivity contribution in [3.63, 3.8) is 0 Å². The van der Waals surface area contributed by atoms with E-state index in [1.165, 1.54) is 5.56 Å². The first-order valence-corrected chi connectivity index (χ1v) is 14.1. The maximum absolute atomic E-state index is 11.5. The van der Waals surface area contributed by atoms with Gasteiger partial charge in [0.1, 0.15) is 24.9 Å². The summed E-state index contributed by atoms with van der Waals surface area (Å²) >= 11 is 0. The first-order valence-electron chi connectivity index (χ1n) is 14.1. The standard InChI is InChI=1S/C34H31N3O4/c1-22-27(25-11-12-31-32(18-25)41-17-16-40-31)4-2-5-28(22)26-13-15-37-30(20-35-33(37)19-26)24-9-7-23(8-10-24)21-36-14-3-6-29(36)34(38)39/h2,4-5,7-13,15,18-20,29H,3,6,14,16-17,21H2,1H3,(H,38,39)/t29-/m1/s1. The van der Waals surface area contributed by atoms with Crippen LogP contribution in [0.15, 0.2) is 85.2 Å². The van der Waals surface area contributed by atoms with E-state index in [1.54, 1.807) is 0 Å². The van der Waals surface area contributed by atoms with Gasteiger partial charge < -0.3 is 14.6 Å². The molecular weight excluding hydrogens is 514 g/mol. The minimum absolute atomic E-state index is 0.381. The molecule has 1 N–H and O–H groups in total. The van der Waals surface area contributed by atoms with Gasteiger partial charge in [0.25, 0.3) is 0 Å². The number of pyridine rings is 1. The number of hydrogen-bond acceptors (Lipinski definition) is 5. The lowest BCUT2D eigenvalue weighted by molar-refractivity contribution is -0.142. The molecule has 2 aromatic heterocycles. The molecule has 41 heavy (non-hydrogen) atoms. The minimum Gasteiger partial charge on any atom is -0.486 e. The van der Waals surface area contributed by atoms with Gasteiger partial charge in [-0.25, -0.2) is 4.98 Å². The second-order valence-corrected chi connectivity index (χ2v) is 10.8. The van der Waals surface area contributed by atoms with E-state index in [2.05, 4.69) is 89.2 Å². The van der Waals surface area contributed by atoms with E-state index in [0.717, 1.165) is 75.6 Å². The molecule has 0 bridgehead atoms. The molecular formula is C34H31N3O4.